The fraction of sp³-hybridized carbons (Fsp3) is 0.286. The number of nitrogens with two attached hydrogens (primary N) is 2. The van der Waals surface area contributed by atoms with Crippen LogP contribution in [0.3, 0.4) is 0 Å². The van der Waals surface area contributed by atoms with Crippen molar-refractivity contribution in [3.05, 3.63) is 28.2 Å². The van der Waals surface area contributed by atoms with Crippen LogP contribution < -0.4 is 16.9 Å². The second-order valence-electron chi connectivity index (χ2n) is 2.71. The molecule has 0 bridgehead atoms. The lowest BCUT2D eigenvalue weighted by Gasteiger charge is -2.14. The topological polar surface area (TPSA) is 84.9 Å². The van der Waals surface area contributed by atoms with Gasteiger partial charge in [-0.25, -0.2) is 0 Å². The lowest BCUT2D eigenvalue weighted by atomic mass is 10.1. The van der Waals surface area contributed by atoms with Crippen LogP contribution in [0.25, 0.3) is 0 Å². The van der Waals surface area contributed by atoms with E-state index in [0.29, 0.717) is 0 Å². The summed E-state index contributed by atoms with van der Waals surface area (Å²) in [5.41, 5.74) is 8.21. The van der Waals surface area contributed by atoms with Crippen molar-refractivity contribution in [2.75, 3.05) is 5.73 Å². The monoisotopic (exact) mass is 207 g/mol. The van der Waals surface area contributed by atoms with Crippen molar-refractivity contribution >= 4 is 5.69 Å². The molecule has 0 amide bonds. The van der Waals surface area contributed by atoms with Crippen LogP contribution in [0.2, 0.25) is 0 Å². The van der Waals surface area contributed by atoms with Gasteiger partial charge in [-0.3, -0.25) is 4.79 Å². The molecule has 0 aliphatic carbocycles. The van der Waals surface area contributed by atoms with Crippen LogP contribution in [0, 0.1) is 0 Å². The van der Waals surface area contributed by atoms with Crippen LogP contribution >= 0.6 is 0 Å². The van der Waals surface area contributed by atoms with Crippen molar-refractivity contribution in [3.63, 3.8) is 0 Å². The fourth-order valence-corrected chi connectivity index (χ4v) is 0.926. The highest BCUT2D eigenvalue weighted by Gasteiger charge is 2.39. The summed E-state index contributed by atoms with van der Waals surface area (Å²) in [6, 6.07) is -2.31. The number of anilines is 1. The molecule has 1 rings (SSSR count). The Kier molecular flexibility index (Phi) is 2.52. The number of aromatic amines is 1. The summed E-state index contributed by atoms with van der Waals surface area (Å²) < 4.78 is 36.4. The molecule has 78 valence electrons. The molecule has 14 heavy (non-hydrogen) atoms. The predicted octanol–water partition coefficient (Wildman–Crippen LogP) is 0.519. The van der Waals surface area contributed by atoms with E-state index in [9.17, 15) is 18.0 Å². The molecular formula is C7H8F3N3O. The first kappa shape index (κ1) is 10.6. The van der Waals surface area contributed by atoms with Gasteiger partial charge in [0.05, 0.1) is 5.69 Å². The zero-order valence-electron chi connectivity index (χ0n) is 6.93. The van der Waals surface area contributed by atoms with Crippen LogP contribution in [0.15, 0.2) is 17.2 Å². The van der Waals surface area contributed by atoms with E-state index in [-0.39, 0.29) is 5.69 Å². The average molecular weight is 207 g/mol. The fourth-order valence-electron chi connectivity index (χ4n) is 0.926. The third-order valence-corrected chi connectivity index (χ3v) is 1.69. The minimum Gasteiger partial charge on any atom is -0.394 e. The number of hydrogen-bond acceptors (Lipinski definition) is 3. The van der Waals surface area contributed by atoms with Crippen LogP contribution in [-0.2, 0) is 0 Å². The molecule has 0 spiro atoms. The third kappa shape index (κ3) is 1.87. The largest absolute Gasteiger partial charge is 0.407 e. The average Bonchev–Trinajstić information content (AvgIpc) is 2.07. The van der Waals surface area contributed by atoms with Crippen LogP contribution in [0.5, 0.6) is 0 Å². The van der Waals surface area contributed by atoms with E-state index in [4.69, 9.17) is 11.5 Å². The first-order valence-electron chi connectivity index (χ1n) is 3.63. The third-order valence-electron chi connectivity index (χ3n) is 1.69. The molecule has 0 fully saturated rings. The minimum atomic E-state index is -4.65. The van der Waals surface area contributed by atoms with E-state index in [1.165, 1.54) is 0 Å². The lowest BCUT2D eigenvalue weighted by Crippen LogP contribution is -2.33. The van der Waals surface area contributed by atoms with Gasteiger partial charge in [0, 0.05) is 18.0 Å². The number of hydrogen-bond donors (Lipinski definition) is 3. The molecule has 4 nitrogen and oxygen atoms in total. The van der Waals surface area contributed by atoms with Gasteiger partial charge in [0.2, 0.25) is 5.43 Å². The van der Waals surface area contributed by atoms with Crippen molar-refractivity contribution in [1.82, 2.24) is 4.98 Å². The van der Waals surface area contributed by atoms with E-state index in [1.807, 2.05) is 0 Å². The van der Waals surface area contributed by atoms with Gasteiger partial charge in [-0.05, 0) is 0 Å². The lowest BCUT2D eigenvalue weighted by molar-refractivity contribution is -0.149. The second-order valence-corrected chi connectivity index (χ2v) is 2.71. The molecule has 0 aliphatic rings. The van der Waals surface area contributed by atoms with Crippen LogP contribution in [0.4, 0.5) is 18.9 Å². The quantitative estimate of drug-likeness (QED) is 0.627. The number of halogens is 3. The molecule has 1 aromatic rings. The number of nitrogen functional groups attached to an aromatic ring is 1. The Balaban J connectivity index is 3.21. The van der Waals surface area contributed by atoms with Crippen molar-refractivity contribution in [2.45, 2.75) is 12.2 Å². The molecule has 5 N–H and O–H groups in total. The van der Waals surface area contributed by atoms with E-state index in [2.05, 4.69) is 4.98 Å². The number of nitrogens with one attached hydrogen (secondary N) is 1. The van der Waals surface area contributed by atoms with Gasteiger partial charge >= 0.3 is 6.18 Å². The Morgan fingerprint density at radius 2 is 1.93 bits per heavy atom. The Bertz CT molecular complexity index is 385. The molecule has 7 heteroatoms. The molecule has 1 heterocycles. The summed E-state index contributed by atoms with van der Waals surface area (Å²) in [6.07, 6.45) is -2.65. The zero-order chi connectivity index (χ0) is 10.9. The number of aromatic nitrogens is 1. The Morgan fingerprint density at radius 1 is 1.36 bits per heavy atom. The summed E-state index contributed by atoms with van der Waals surface area (Å²) in [6.45, 7) is 0. The SMILES string of the molecule is Nc1c[nH]cc(C(N)C(F)(F)F)c1=O. The number of H-pyrrole nitrogens is 1. The van der Waals surface area contributed by atoms with Gasteiger partial charge in [0.25, 0.3) is 0 Å². The van der Waals surface area contributed by atoms with E-state index in [0.717, 1.165) is 12.4 Å². The standard InChI is InChI=1S/C7H8F3N3O/c8-7(9,10)6(12)3-1-13-2-4(11)5(3)14/h1-2,6H,11-12H2,(H,13,14). The van der Waals surface area contributed by atoms with Crippen molar-refractivity contribution < 1.29 is 13.2 Å². The zero-order valence-corrected chi connectivity index (χ0v) is 6.93. The molecule has 1 unspecified atom stereocenters. The smallest absolute Gasteiger partial charge is 0.394 e. The second kappa shape index (κ2) is 3.33. The molecule has 0 saturated carbocycles. The molecule has 0 aromatic carbocycles. The highest BCUT2D eigenvalue weighted by molar-refractivity contribution is 5.38. The minimum absolute atomic E-state index is 0.290. The summed E-state index contributed by atoms with van der Waals surface area (Å²) in [5, 5.41) is 0. The Morgan fingerprint density at radius 3 is 2.43 bits per heavy atom. The summed E-state index contributed by atoms with van der Waals surface area (Å²) >= 11 is 0. The molecule has 0 saturated heterocycles. The molecular weight excluding hydrogens is 199 g/mol. The van der Waals surface area contributed by atoms with Gasteiger partial charge in [-0.2, -0.15) is 13.2 Å². The Labute approximate surface area is 76.7 Å². The number of pyridine rings is 1. The van der Waals surface area contributed by atoms with Crippen LogP contribution in [-0.4, -0.2) is 11.2 Å². The molecule has 1 atom stereocenters. The first-order chi connectivity index (χ1) is 6.34. The summed E-state index contributed by atoms with van der Waals surface area (Å²) in [4.78, 5) is 13.4. The first-order valence-corrected chi connectivity index (χ1v) is 3.63. The normalized spacial score (nSPS) is 14.0. The van der Waals surface area contributed by atoms with Crippen molar-refractivity contribution in [2.24, 2.45) is 5.73 Å². The number of alkyl halides is 3. The maximum Gasteiger partial charge on any atom is 0.407 e. The van der Waals surface area contributed by atoms with Gasteiger partial charge < -0.3 is 16.5 Å². The van der Waals surface area contributed by atoms with Gasteiger partial charge in [0.1, 0.15) is 6.04 Å². The van der Waals surface area contributed by atoms with E-state index < -0.39 is 23.2 Å². The van der Waals surface area contributed by atoms with Crippen molar-refractivity contribution in [3.8, 4) is 0 Å². The van der Waals surface area contributed by atoms with E-state index in [1.54, 1.807) is 0 Å². The van der Waals surface area contributed by atoms with E-state index >= 15 is 0 Å². The van der Waals surface area contributed by atoms with Gasteiger partial charge in [-0.15, -0.1) is 0 Å². The molecule has 1 aromatic heterocycles. The predicted molar refractivity (Wildman–Crippen MR) is 44.5 cm³/mol. The molecule has 0 radical (unpaired) electrons. The summed E-state index contributed by atoms with van der Waals surface area (Å²) in [5.74, 6) is 0. The molecule has 0 aliphatic heterocycles. The maximum absolute atomic E-state index is 12.1. The van der Waals surface area contributed by atoms with Crippen LogP contribution in [0.1, 0.15) is 11.6 Å². The van der Waals surface area contributed by atoms with Gasteiger partial charge in [0.15, 0.2) is 0 Å². The number of rotatable bonds is 1. The summed E-state index contributed by atoms with van der Waals surface area (Å²) in [7, 11) is 0. The highest BCUT2D eigenvalue weighted by Crippen LogP contribution is 2.28. The Hall–Kier alpha value is -1.50. The maximum atomic E-state index is 12.1. The van der Waals surface area contributed by atoms with Crippen molar-refractivity contribution in [1.29, 1.82) is 0 Å². The highest BCUT2D eigenvalue weighted by atomic mass is 19.4. The van der Waals surface area contributed by atoms with Gasteiger partial charge in [-0.1, -0.05) is 0 Å².